The molecule has 0 radical (unpaired) electrons. The van der Waals surface area contributed by atoms with E-state index in [1.54, 1.807) is 12.1 Å². The largest absolute Gasteiger partial charge is 0.450 e. The van der Waals surface area contributed by atoms with Gasteiger partial charge in [-0.25, -0.2) is 4.79 Å². The van der Waals surface area contributed by atoms with Crippen LogP contribution in [0.5, 0.6) is 0 Å². The molecule has 0 saturated carbocycles. The molecule has 1 fully saturated rings. The zero-order valence-corrected chi connectivity index (χ0v) is 23.8. The van der Waals surface area contributed by atoms with Crippen molar-refractivity contribution in [2.75, 3.05) is 33.1 Å². The molecule has 200 valence electrons. The van der Waals surface area contributed by atoms with Crippen LogP contribution >= 0.6 is 16.8 Å². The molecule has 7 nitrogen and oxygen atoms in total. The molecule has 35 heavy (non-hydrogen) atoms. The minimum absolute atomic E-state index is 0.363. The van der Waals surface area contributed by atoms with Crippen LogP contribution in [0.1, 0.15) is 69.7 Å². The van der Waals surface area contributed by atoms with E-state index in [4.69, 9.17) is 28.2 Å². The maximum Gasteiger partial charge on any atom is 0.338 e. The number of hydrogen-bond donors (Lipinski definition) is 0. The SMILES string of the molecule is CCCCOCC1O[C@H](OP(C)P)C(OC(=O)c2ccccc2)[C@@H](OCCCC)[C@@H]1OCCCC. The highest BCUT2D eigenvalue weighted by atomic mass is 32.0. The van der Waals surface area contributed by atoms with Crippen molar-refractivity contribution in [2.45, 2.75) is 90.0 Å². The number of carbonyl (C=O) groups excluding carboxylic acids is 1. The molecule has 1 heterocycles. The van der Waals surface area contributed by atoms with Crippen LogP contribution in [0.4, 0.5) is 0 Å². The van der Waals surface area contributed by atoms with Crippen molar-refractivity contribution in [3.8, 4) is 0 Å². The first-order valence-electron chi connectivity index (χ1n) is 12.9. The topological polar surface area (TPSA) is 72.5 Å². The maximum atomic E-state index is 13.1. The van der Waals surface area contributed by atoms with Gasteiger partial charge in [-0.3, -0.25) is 0 Å². The Balaban J connectivity index is 2.32. The average molecular weight is 531 g/mol. The lowest BCUT2D eigenvalue weighted by atomic mass is 9.98. The molecular formula is C26H44O7P2. The third-order valence-corrected chi connectivity index (χ3v) is 6.56. The monoisotopic (exact) mass is 530 g/mol. The molecule has 2 rings (SSSR count). The second-order valence-corrected chi connectivity index (χ2v) is 12.2. The van der Waals surface area contributed by atoms with Gasteiger partial charge >= 0.3 is 5.97 Å². The van der Waals surface area contributed by atoms with Gasteiger partial charge in [0.15, 0.2) is 6.10 Å². The fourth-order valence-corrected chi connectivity index (χ4v) is 4.57. The highest BCUT2D eigenvalue weighted by Gasteiger charge is 2.50. The van der Waals surface area contributed by atoms with E-state index in [1.807, 2.05) is 24.9 Å². The predicted octanol–water partition coefficient (Wildman–Crippen LogP) is 5.96. The van der Waals surface area contributed by atoms with Crippen molar-refractivity contribution in [2.24, 2.45) is 0 Å². The summed E-state index contributed by atoms with van der Waals surface area (Å²) in [6.45, 7) is 10.5. The molecule has 7 atom stereocenters. The summed E-state index contributed by atoms with van der Waals surface area (Å²) in [6.07, 6.45) is 2.92. The Bertz CT molecular complexity index is 692. The van der Waals surface area contributed by atoms with Gasteiger partial charge in [0, 0.05) is 27.7 Å². The second kappa shape index (κ2) is 17.7. The van der Waals surface area contributed by atoms with Crippen molar-refractivity contribution in [1.29, 1.82) is 0 Å². The van der Waals surface area contributed by atoms with Gasteiger partial charge in [0.25, 0.3) is 0 Å². The smallest absolute Gasteiger partial charge is 0.338 e. The van der Waals surface area contributed by atoms with Gasteiger partial charge in [-0.2, -0.15) is 0 Å². The number of hydrogen-bond acceptors (Lipinski definition) is 7. The molecule has 1 aliphatic heterocycles. The van der Waals surface area contributed by atoms with Gasteiger partial charge < -0.3 is 28.2 Å². The van der Waals surface area contributed by atoms with E-state index in [2.05, 4.69) is 29.7 Å². The lowest BCUT2D eigenvalue weighted by molar-refractivity contribution is -0.293. The molecule has 0 N–H and O–H groups in total. The van der Waals surface area contributed by atoms with Crippen LogP contribution in [0.25, 0.3) is 0 Å². The zero-order valence-electron chi connectivity index (χ0n) is 21.7. The van der Waals surface area contributed by atoms with Gasteiger partial charge in [0.1, 0.15) is 18.3 Å². The van der Waals surface area contributed by atoms with Gasteiger partial charge in [-0.05, 0) is 38.1 Å². The van der Waals surface area contributed by atoms with Gasteiger partial charge in [0.05, 0.1) is 12.2 Å². The molecule has 1 saturated heterocycles. The Morgan fingerprint density at radius 3 is 2.11 bits per heavy atom. The highest BCUT2D eigenvalue weighted by molar-refractivity contribution is 8.10. The third kappa shape index (κ3) is 10.7. The molecule has 1 aromatic carbocycles. The summed E-state index contributed by atoms with van der Waals surface area (Å²) >= 11 is 0. The summed E-state index contributed by atoms with van der Waals surface area (Å²) < 4.78 is 37.2. The number of ether oxygens (including phenoxy) is 5. The van der Waals surface area contributed by atoms with Gasteiger partial charge in [-0.15, -0.1) is 0 Å². The molecule has 0 spiro atoms. The van der Waals surface area contributed by atoms with Gasteiger partial charge in [-0.1, -0.05) is 67.2 Å². The third-order valence-electron chi connectivity index (χ3n) is 5.65. The predicted molar refractivity (Wildman–Crippen MR) is 143 cm³/mol. The van der Waals surface area contributed by atoms with Crippen molar-refractivity contribution >= 4 is 22.7 Å². The summed E-state index contributed by atoms with van der Waals surface area (Å²) in [5.41, 5.74) is 0.469. The summed E-state index contributed by atoms with van der Waals surface area (Å²) in [4.78, 5) is 13.1. The molecule has 1 aliphatic rings. The van der Waals surface area contributed by atoms with Gasteiger partial charge in [0.2, 0.25) is 6.29 Å². The van der Waals surface area contributed by atoms with Crippen molar-refractivity contribution in [1.82, 2.24) is 0 Å². The van der Waals surface area contributed by atoms with Crippen LogP contribution in [0.15, 0.2) is 30.3 Å². The fourth-order valence-electron chi connectivity index (χ4n) is 3.72. The van der Waals surface area contributed by atoms with Crippen LogP contribution in [-0.2, 0) is 28.2 Å². The van der Waals surface area contributed by atoms with Crippen LogP contribution in [-0.4, -0.2) is 69.8 Å². The molecule has 0 bridgehead atoms. The quantitative estimate of drug-likeness (QED) is 0.140. The van der Waals surface area contributed by atoms with Crippen molar-refractivity contribution < 1.29 is 33.0 Å². The van der Waals surface area contributed by atoms with Crippen molar-refractivity contribution in [3.05, 3.63) is 35.9 Å². The lowest BCUT2D eigenvalue weighted by Crippen LogP contribution is -2.62. The molecule has 0 amide bonds. The summed E-state index contributed by atoms with van der Waals surface area (Å²) in [5, 5.41) is 0. The first kappa shape index (κ1) is 30.6. The zero-order chi connectivity index (χ0) is 25.5. The van der Waals surface area contributed by atoms with E-state index in [0.29, 0.717) is 32.0 Å². The van der Waals surface area contributed by atoms with E-state index in [1.165, 1.54) is 0 Å². The first-order chi connectivity index (χ1) is 17.0. The Kier molecular flexibility index (Phi) is 15.5. The normalized spacial score (nSPS) is 25.3. The Morgan fingerprint density at radius 1 is 0.914 bits per heavy atom. The molecule has 9 heteroatoms. The van der Waals surface area contributed by atoms with E-state index in [9.17, 15) is 4.79 Å². The molecule has 4 unspecified atom stereocenters. The summed E-state index contributed by atoms with van der Waals surface area (Å²) in [6, 6.07) is 8.95. The summed E-state index contributed by atoms with van der Waals surface area (Å²) in [5.74, 6) is -0.439. The second-order valence-electron chi connectivity index (χ2n) is 8.74. The molecule has 0 aromatic heterocycles. The van der Waals surface area contributed by atoms with Crippen molar-refractivity contribution in [3.63, 3.8) is 0 Å². The maximum absolute atomic E-state index is 13.1. The molecule has 1 aromatic rings. The average Bonchev–Trinajstić information content (AvgIpc) is 2.85. The van der Waals surface area contributed by atoms with E-state index >= 15 is 0 Å². The fraction of sp³-hybridized carbons (Fsp3) is 0.731. The Morgan fingerprint density at radius 2 is 1.51 bits per heavy atom. The number of benzene rings is 1. The highest BCUT2D eigenvalue weighted by Crippen LogP contribution is 2.45. The van der Waals surface area contributed by atoms with E-state index < -0.39 is 44.5 Å². The Hall–Kier alpha value is -0.650. The lowest BCUT2D eigenvalue weighted by Gasteiger charge is -2.45. The first-order valence-corrected chi connectivity index (χ1v) is 16.2. The Labute approximate surface area is 214 Å². The van der Waals surface area contributed by atoms with Crippen LogP contribution in [0, 0.1) is 0 Å². The van der Waals surface area contributed by atoms with Crippen LogP contribution < -0.4 is 0 Å². The van der Waals surface area contributed by atoms with E-state index in [-0.39, 0.29) is 0 Å². The number of carbonyl (C=O) groups is 1. The number of unbranched alkanes of at least 4 members (excludes halogenated alkanes) is 3. The van der Waals surface area contributed by atoms with Crippen LogP contribution in [0.3, 0.4) is 0 Å². The number of rotatable bonds is 17. The minimum atomic E-state index is -0.867. The van der Waals surface area contributed by atoms with E-state index in [0.717, 1.165) is 38.5 Å². The number of esters is 1. The van der Waals surface area contributed by atoms with Crippen LogP contribution in [0.2, 0.25) is 0 Å². The minimum Gasteiger partial charge on any atom is -0.450 e. The standard InChI is InChI=1S/C26H44O7P2/c1-5-8-16-28-19-21-22(29-17-9-6-2)23(30-18-10-7-3)24(26(31-21)33-35(4)34)32-25(27)20-14-12-11-13-15-20/h11-15,21-24,26H,5-10,16-19,34H2,1-4H3/t21?,22-,23+,24?,26-,35?/m1/s1. The molecular weight excluding hydrogens is 486 g/mol. The summed E-state index contributed by atoms with van der Waals surface area (Å²) in [7, 11) is 1.80. The molecule has 0 aliphatic carbocycles.